The van der Waals surface area contributed by atoms with E-state index >= 15 is 0 Å². The quantitative estimate of drug-likeness (QED) is 0.0968. The number of aromatic nitrogens is 2. The molecule has 3 aromatic carbocycles. The number of hydrogen-bond donors (Lipinski definition) is 3. The lowest BCUT2D eigenvalue weighted by molar-refractivity contribution is -0.115. The highest BCUT2D eigenvalue weighted by Crippen LogP contribution is 2.44. The number of benzene rings is 3. The lowest BCUT2D eigenvalue weighted by atomic mass is 9.72. The SMILES string of the molecule is CC(=O)N=S1(=O)CCN(CCNc2ccc(S(=O)(=O)NC(=O)c3ccc(N4CCN(CC5=C(c6ccc(Cl)cc6)CC(C)(C)CC5)CC4)cc3Oc3cnc4[nH]ccc4c3)cc2S(=O)(=O)C(F)(F)F)CC1. The molecule has 0 unspecified atom stereocenters. The zero-order valence-corrected chi connectivity index (χ0v) is 42.4. The number of carbonyl (C=O) groups is 2. The van der Waals surface area contributed by atoms with Crippen LogP contribution >= 0.6 is 11.6 Å². The molecule has 71 heavy (non-hydrogen) atoms. The Morgan fingerprint density at radius 3 is 2.34 bits per heavy atom. The summed E-state index contributed by atoms with van der Waals surface area (Å²) in [5.41, 5.74) is -1.21. The zero-order valence-electron chi connectivity index (χ0n) is 39.2. The number of piperazine rings is 1. The third kappa shape index (κ3) is 12.2. The van der Waals surface area contributed by atoms with Gasteiger partial charge >= 0.3 is 5.51 Å². The van der Waals surface area contributed by atoms with Crippen molar-refractivity contribution in [1.82, 2.24) is 24.5 Å². The molecule has 2 aromatic heterocycles. The molecule has 380 valence electrons. The Kier molecular flexibility index (Phi) is 15.0. The van der Waals surface area contributed by atoms with Crippen LogP contribution in [0, 0.1) is 5.41 Å². The molecule has 3 aliphatic rings. The van der Waals surface area contributed by atoms with E-state index in [1.165, 1.54) is 35.9 Å². The molecule has 0 saturated carbocycles. The number of aromatic amines is 1. The zero-order chi connectivity index (χ0) is 50.9. The Bertz CT molecular complexity index is 3230. The van der Waals surface area contributed by atoms with Crippen molar-refractivity contribution in [3.05, 3.63) is 107 Å². The number of halogens is 4. The van der Waals surface area contributed by atoms with Gasteiger partial charge in [0.15, 0.2) is 0 Å². The summed E-state index contributed by atoms with van der Waals surface area (Å²) in [6.07, 6.45) is 6.15. The molecule has 0 radical (unpaired) electrons. The molecule has 2 amide bonds. The highest BCUT2D eigenvalue weighted by molar-refractivity contribution is 7.94. The van der Waals surface area contributed by atoms with Crippen LogP contribution in [-0.4, -0.2) is 129 Å². The Labute approximate surface area is 416 Å². The van der Waals surface area contributed by atoms with Gasteiger partial charge in [0.2, 0.25) is 0 Å². The van der Waals surface area contributed by atoms with Gasteiger partial charge in [-0.3, -0.25) is 19.4 Å². The number of fused-ring (bicyclic) bond motifs is 1. The van der Waals surface area contributed by atoms with E-state index < -0.39 is 62.4 Å². The number of sulfone groups is 1. The minimum atomic E-state index is -6.13. The second-order valence-corrected chi connectivity index (χ2v) is 25.2. The largest absolute Gasteiger partial charge is 0.501 e. The van der Waals surface area contributed by atoms with Gasteiger partial charge in [-0.1, -0.05) is 43.2 Å². The fourth-order valence-electron chi connectivity index (χ4n) is 9.03. The summed E-state index contributed by atoms with van der Waals surface area (Å²) in [6.45, 7) is 9.93. The van der Waals surface area contributed by atoms with Gasteiger partial charge in [0.05, 0.1) is 32.1 Å². The Hall–Kier alpha value is -5.52. The summed E-state index contributed by atoms with van der Waals surface area (Å²) in [5.74, 6) is -1.37. The van der Waals surface area contributed by atoms with Crippen molar-refractivity contribution < 1.29 is 48.5 Å². The summed E-state index contributed by atoms with van der Waals surface area (Å²) < 4.78 is 120. The average molecular weight is 1060 g/mol. The summed E-state index contributed by atoms with van der Waals surface area (Å²) in [6, 6.07) is 18.2. The van der Waals surface area contributed by atoms with Gasteiger partial charge in [0.1, 0.15) is 22.0 Å². The number of anilines is 2. The Balaban J connectivity index is 1.01. The first-order valence-electron chi connectivity index (χ1n) is 22.9. The van der Waals surface area contributed by atoms with E-state index in [4.69, 9.17) is 16.3 Å². The van der Waals surface area contributed by atoms with Gasteiger partial charge in [-0.15, -0.1) is 0 Å². The second-order valence-electron chi connectivity index (χ2n) is 18.7. The topological polar surface area (TPSA) is 204 Å². The molecular weight excluding hydrogens is 1010 g/mol. The molecule has 16 nitrogen and oxygen atoms in total. The number of nitrogens with zero attached hydrogens (tertiary/aromatic N) is 5. The molecule has 23 heteroatoms. The summed E-state index contributed by atoms with van der Waals surface area (Å²) in [7, 11) is -13.9. The molecule has 2 saturated heterocycles. The van der Waals surface area contributed by atoms with E-state index in [-0.39, 0.29) is 60.2 Å². The van der Waals surface area contributed by atoms with Crippen LogP contribution in [0.1, 0.15) is 56.0 Å². The van der Waals surface area contributed by atoms with Crippen LogP contribution in [-0.2, 0) is 34.4 Å². The van der Waals surface area contributed by atoms with Crippen LogP contribution in [0.3, 0.4) is 0 Å². The molecule has 8 rings (SSSR count). The van der Waals surface area contributed by atoms with Crippen molar-refractivity contribution >= 4 is 81.0 Å². The van der Waals surface area contributed by atoms with Gasteiger partial charge in [0.25, 0.3) is 31.7 Å². The number of carbonyl (C=O) groups excluding carboxylic acids is 2. The Morgan fingerprint density at radius 1 is 0.930 bits per heavy atom. The number of rotatable bonds is 14. The van der Waals surface area contributed by atoms with Crippen molar-refractivity contribution in [1.29, 1.82) is 0 Å². The van der Waals surface area contributed by atoms with Crippen molar-refractivity contribution in [2.45, 2.75) is 55.3 Å². The minimum Gasteiger partial charge on any atom is -0.455 e. The van der Waals surface area contributed by atoms with Crippen LogP contribution in [0.2, 0.25) is 5.02 Å². The first kappa shape index (κ1) is 51.8. The van der Waals surface area contributed by atoms with E-state index in [0.29, 0.717) is 40.9 Å². The predicted molar refractivity (Wildman–Crippen MR) is 268 cm³/mol. The number of nitrogens with one attached hydrogen (secondary N) is 3. The number of ether oxygens (including phenoxy) is 1. The number of sulfonamides is 1. The van der Waals surface area contributed by atoms with Gasteiger partial charge in [-0.25, -0.2) is 30.8 Å². The number of amides is 2. The van der Waals surface area contributed by atoms with Gasteiger partial charge in [-0.05, 0) is 90.4 Å². The van der Waals surface area contributed by atoms with Crippen molar-refractivity contribution in [2.75, 3.05) is 80.6 Å². The molecule has 2 aliphatic heterocycles. The monoisotopic (exact) mass is 1060 g/mol. The fourth-order valence-corrected chi connectivity index (χ4v) is 13.1. The van der Waals surface area contributed by atoms with Crippen molar-refractivity contribution in [3.63, 3.8) is 0 Å². The molecule has 3 N–H and O–H groups in total. The molecule has 2 fully saturated rings. The lowest BCUT2D eigenvalue weighted by Crippen LogP contribution is -2.47. The third-order valence-electron chi connectivity index (χ3n) is 12.9. The molecule has 1 aliphatic carbocycles. The molecule has 0 atom stereocenters. The maximum Gasteiger partial charge on any atom is 0.501 e. The lowest BCUT2D eigenvalue weighted by Gasteiger charge is -2.39. The van der Waals surface area contributed by atoms with Crippen LogP contribution in [0.4, 0.5) is 24.5 Å². The maximum absolute atomic E-state index is 14.1. The normalized spacial score (nSPS) is 18.0. The van der Waals surface area contributed by atoms with Gasteiger partial charge in [-0.2, -0.15) is 17.5 Å². The summed E-state index contributed by atoms with van der Waals surface area (Å²) in [4.78, 5) is 36.9. The van der Waals surface area contributed by atoms with E-state index in [1.807, 2.05) is 21.8 Å². The third-order valence-corrected chi connectivity index (χ3v) is 18.3. The standard InChI is InChI=1S/C48H54ClF3N8O8S3/c1-32(61)56-69(63)24-22-58(23-25-69)17-16-53-42-11-9-39(28-44(42)70(64,65)48(50,51)52)71(66,67)57-46(62)40-10-8-37(27-43(40)68-38-26-34-13-15-54-45(34)55-30-38)60-20-18-59(19-21-60)31-35-12-14-47(2,3)29-41(35)33-4-6-36(49)7-5-33/h4-11,13,15,26-28,30,53H,12,14,16-25,29,31H2,1-3H3,(H,54,55)(H,57,62). The highest BCUT2D eigenvalue weighted by Gasteiger charge is 2.48. The number of alkyl halides is 3. The molecule has 5 aromatic rings. The smallest absolute Gasteiger partial charge is 0.455 e. The maximum atomic E-state index is 14.1. The van der Waals surface area contributed by atoms with Crippen molar-refractivity contribution in [2.24, 2.45) is 9.78 Å². The molecule has 4 heterocycles. The van der Waals surface area contributed by atoms with Crippen LogP contribution in [0.25, 0.3) is 16.6 Å². The summed E-state index contributed by atoms with van der Waals surface area (Å²) >= 11 is 6.23. The first-order chi connectivity index (χ1) is 33.5. The van der Waals surface area contributed by atoms with E-state index in [2.05, 4.69) is 55.4 Å². The van der Waals surface area contributed by atoms with Crippen LogP contribution < -0.4 is 19.7 Å². The van der Waals surface area contributed by atoms with Crippen LogP contribution in [0.15, 0.2) is 105 Å². The van der Waals surface area contributed by atoms with Crippen LogP contribution in [0.5, 0.6) is 11.5 Å². The predicted octanol–water partition coefficient (Wildman–Crippen LogP) is 7.95. The molecule has 0 spiro atoms. The first-order valence-corrected chi connectivity index (χ1v) is 28.1. The van der Waals surface area contributed by atoms with Crippen molar-refractivity contribution in [3.8, 4) is 11.5 Å². The highest BCUT2D eigenvalue weighted by atomic mass is 35.5. The number of pyridine rings is 1. The van der Waals surface area contributed by atoms with Gasteiger partial charge < -0.3 is 19.9 Å². The number of H-pyrrole nitrogens is 1. The van der Waals surface area contributed by atoms with E-state index in [9.17, 15) is 43.8 Å². The summed E-state index contributed by atoms with van der Waals surface area (Å²) in [5, 5.41) is 4.04. The van der Waals surface area contributed by atoms with Gasteiger partial charge in [0, 0.05) is 106 Å². The second kappa shape index (κ2) is 20.5. The van der Waals surface area contributed by atoms with E-state index in [1.54, 1.807) is 30.5 Å². The number of allylic oxidation sites excluding steroid dienone is 1. The molecule has 0 bridgehead atoms. The minimum absolute atomic E-state index is 0.0407. The van der Waals surface area contributed by atoms with E-state index in [0.717, 1.165) is 51.0 Å². The molecular formula is C48H54ClF3N8O8S3. The fraction of sp³-hybridized carbons (Fsp3) is 0.396. The Morgan fingerprint density at radius 2 is 1.65 bits per heavy atom. The average Bonchev–Trinajstić information content (AvgIpc) is 3.78. The number of hydrogen-bond acceptors (Lipinski definition) is 13.